The minimum Gasteiger partial charge on any atom is -0.493 e. The molecule has 6 heteroatoms. The number of nitrogens with one attached hydrogen (secondary N) is 1. The van der Waals surface area contributed by atoms with Gasteiger partial charge in [-0.2, -0.15) is 0 Å². The molecular formula is C18H16N4O2. The van der Waals surface area contributed by atoms with E-state index < -0.39 is 0 Å². The summed E-state index contributed by atoms with van der Waals surface area (Å²) in [6.45, 7) is 0.596. The molecule has 0 spiro atoms. The highest BCUT2D eigenvalue weighted by Crippen LogP contribution is 2.31. The Labute approximate surface area is 139 Å². The smallest absolute Gasteiger partial charge is 0.251 e. The lowest BCUT2D eigenvalue weighted by molar-refractivity contribution is 0.0924. The van der Waals surface area contributed by atoms with E-state index in [0.717, 1.165) is 17.7 Å². The van der Waals surface area contributed by atoms with Gasteiger partial charge in [-0.1, -0.05) is 18.2 Å². The number of carbonyl (C=O) groups is 1. The number of aromatic nitrogens is 3. The molecule has 6 nitrogen and oxygen atoms in total. The number of pyridine rings is 1. The Morgan fingerprint density at radius 2 is 2.17 bits per heavy atom. The first-order valence-electron chi connectivity index (χ1n) is 7.78. The van der Waals surface area contributed by atoms with Crippen molar-refractivity contribution in [2.24, 2.45) is 0 Å². The van der Waals surface area contributed by atoms with Crippen molar-refractivity contribution < 1.29 is 9.53 Å². The lowest BCUT2D eigenvalue weighted by atomic mass is 10.0. The minimum atomic E-state index is -0.125. The summed E-state index contributed by atoms with van der Waals surface area (Å²) in [5.41, 5.74) is 1.58. The van der Waals surface area contributed by atoms with Crippen molar-refractivity contribution in [3.63, 3.8) is 0 Å². The van der Waals surface area contributed by atoms with Crippen molar-refractivity contribution in [1.82, 2.24) is 19.9 Å². The van der Waals surface area contributed by atoms with E-state index in [4.69, 9.17) is 4.74 Å². The van der Waals surface area contributed by atoms with Gasteiger partial charge in [-0.25, -0.2) is 9.97 Å². The van der Waals surface area contributed by atoms with Crippen LogP contribution in [0.1, 0.15) is 28.4 Å². The van der Waals surface area contributed by atoms with Crippen molar-refractivity contribution in [3.8, 4) is 11.6 Å². The van der Waals surface area contributed by atoms with Gasteiger partial charge in [0.2, 0.25) is 0 Å². The van der Waals surface area contributed by atoms with Crippen LogP contribution in [-0.4, -0.2) is 27.0 Å². The molecule has 0 aliphatic carbocycles. The number of amides is 1. The topological polar surface area (TPSA) is 69.0 Å². The fraction of sp³-hybridized carbons (Fsp3) is 0.167. The van der Waals surface area contributed by atoms with Crippen molar-refractivity contribution in [3.05, 3.63) is 72.4 Å². The molecule has 0 fully saturated rings. The summed E-state index contributed by atoms with van der Waals surface area (Å²) >= 11 is 0. The molecule has 3 heterocycles. The van der Waals surface area contributed by atoms with Crippen LogP contribution in [0.25, 0.3) is 5.82 Å². The standard InChI is InChI=1S/C18H16N4O2/c23-18(13-5-7-20-17(11-13)22-9-8-19-12-22)21-15-6-10-24-16-4-2-1-3-14(15)16/h1-5,7-9,11-12,15H,6,10H2,(H,21,23)/t15-/m0/s1. The molecule has 1 N–H and O–H groups in total. The summed E-state index contributed by atoms with van der Waals surface area (Å²) in [5.74, 6) is 1.37. The van der Waals surface area contributed by atoms with Crippen LogP contribution in [0, 0.1) is 0 Å². The van der Waals surface area contributed by atoms with E-state index in [-0.39, 0.29) is 11.9 Å². The molecule has 4 rings (SSSR count). The van der Waals surface area contributed by atoms with Gasteiger partial charge in [0.1, 0.15) is 17.9 Å². The van der Waals surface area contributed by atoms with Crippen molar-refractivity contribution in [2.75, 3.05) is 6.61 Å². The van der Waals surface area contributed by atoms with Crippen molar-refractivity contribution in [1.29, 1.82) is 0 Å². The van der Waals surface area contributed by atoms with Gasteiger partial charge >= 0.3 is 0 Å². The van der Waals surface area contributed by atoms with Crippen LogP contribution in [-0.2, 0) is 0 Å². The van der Waals surface area contributed by atoms with Gasteiger partial charge in [-0.05, 0) is 18.2 Å². The number of carbonyl (C=O) groups excluding carboxylic acids is 1. The van der Waals surface area contributed by atoms with Crippen molar-refractivity contribution >= 4 is 5.91 Å². The van der Waals surface area contributed by atoms with Gasteiger partial charge in [0.25, 0.3) is 5.91 Å². The third-order valence-electron chi connectivity index (χ3n) is 4.04. The third kappa shape index (κ3) is 2.74. The zero-order valence-corrected chi connectivity index (χ0v) is 12.9. The number of rotatable bonds is 3. The Morgan fingerprint density at radius 1 is 1.25 bits per heavy atom. The van der Waals surface area contributed by atoms with Crippen LogP contribution < -0.4 is 10.1 Å². The highest BCUT2D eigenvalue weighted by molar-refractivity contribution is 5.94. The normalized spacial score (nSPS) is 16.1. The zero-order valence-electron chi connectivity index (χ0n) is 12.9. The number of hydrogen-bond donors (Lipinski definition) is 1. The maximum Gasteiger partial charge on any atom is 0.251 e. The number of benzene rings is 1. The molecule has 0 unspecified atom stereocenters. The fourth-order valence-electron chi connectivity index (χ4n) is 2.83. The monoisotopic (exact) mass is 320 g/mol. The van der Waals surface area contributed by atoms with Gasteiger partial charge in [-0.15, -0.1) is 0 Å². The van der Waals surface area contributed by atoms with Crippen LogP contribution in [0.4, 0.5) is 0 Å². The molecule has 1 aromatic carbocycles. The van der Waals surface area contributed by atoms with E-state index in [1.807, 2.05) is 24.3 Å². The molecule has 24 heavy (non-hydrogen) atoms. The van der Waals surface area contributed by atoms with E-state index in [1.54, 1.807) is 41.6 Å². The number of hydrogen-bond acceptors (Lipinski definition) is 4. The van der Waals surface area contributed by atoms with E-state index >= 15 is 0 Å². The van der Waals surface area contributed by atoms with Crippen LogP contribution in [0.5, 0.6) is 5.75 Å². The lowest BCUT2D eigenvalue weighted by Crippen LogP contribution is -2.32. The number of imidazole rings is 1. The Balaban J connectivity index is 1.56. The summed E-state index contributed by atoms with van der Waals surface area (Å²) in [7, 11) is 0. The Kier molecular flexibility index (Phi) is 3.70. The summed E-state index contributed by atoms with van der Waals surface area (Å²) in [5, 5.41) is 3.09. The molecule has 0 saturated heterocycles. The predicted molar refractivity (Wildman–Crippen MR) is 88.1 cm³/mol. The van der Waals surface area contributed by atoms with E-state index in [1.165, 1.54) is 0 Å². The third-order valence-corrected chi connectivity index (χ3v) is 4.04. The lowest BCUT2D eigenvalue weighted by Gasteiger charge is -2.26. The van der Waals surface area contributed by atoms with Gasteiger partial charge in [0.05, 0.1) is 12.6 Å². The SMILES string of the molecule is O=C(N[C@H]1CCOc2ccccc21)c1ccnc(-n2ccnc2)c1. The maximum absolute atomic E-state index is 12.6. The van der Waals surface area contributed by atoms with Crippen molar-refractivity contribution in [2.45, 2.75) is 12.5 Å². The summed E-state index contributed by atoms with van der Waals surface area (Å²) in [6.07, 6.45) is 7.50. The van der Waals surface area contributed by atoms with Crippen LogP contribution in [0.2, 0.25) is 0 Å². The minimum absolute atomic E-state index is 0.0488. The fourth-order valence-corrected chi connectivity index (χ4v) is 2.83. The molecule has 0 saturated carbocycles. The molecule has 120 valence electrons. The average molecular weight is 320 g/mol. The second-order valence-corrected chi connectivity index (χ2v) is 5.57. The number of nitrogens with zero attached hydrogens (tertiary/aromatic N) is 3. The second kappa shape index (κ2) is 6.16. The van der Waals surface area contributed by atoms with Gasteiger partial charge in [0, 0.05) is 36.1 Å². The molecule has 0 radical (unpaired) electrons. The Bertz CT molecular complexity index is 861. The first-order chi connectivity index (χ1) is 11.8. The maximum atomic E-state index is 12.6. The van der Waals surface area contributed by atoms with Crippen LogP contribution in [0.3, 0.4) is 0 Å². The van der Waals surface area contributed by atoms with E-state index in [9.17, 15) is 4.79 Å². The second-order valence-electron chi connectivity index (χ2n) is 5.57. The Hall–Kier alpha value is -3.15. The average Bonchev–Trinajstić information content (AvgIpc) is 3.17. The predicted octanol–water partition coefficient (Wildman–Crippen LogP) is 2.52. The molecular weight excluding hydrogens is 304 g/mol. The largest absolute Gasteiger partial charge is 0.493 e. The highest BCUT2D eigenvalue weighted by Gasteiger charge is 2.23. The zero-order chi connectivity index (χ0) is 16.4. The first-order valence-corrected chi connectivity index (χ1v) is 7.78. The molecule has 2 aromatic heterocycles. The summed E-state index contributed by atoms with van der Waals surface area (Å²) in [6, 6.07) is 11.2. The van der Waals surface area contributed by atoms with Crippen LogP contribution >= 0.6 is 0 Å². The first kappa shape index (κ1) is 14.4. The highest BCUT2D eigenvalue weighted by atomic mass is 16.5. The van der Waals surface area contributed by atoms with Gasteiger partial charge in [-0.3, -0.25) is 9.36 Å². The quantitative estimate of drug-likeness (QED) is 0.805. The summed E-state index contributed by atoms with van der Waals surface area (Å²) in [4.78, 5) is 20.9. The number of ether oxygens (including phenoxy) is 1. The Morgan fingerprint density at radius 3 is 3.04 bits per heavy atom. The molecule has 1 atom stereocenters. The van der Waals surface area contributed by atoms with Gasteiger partial charge < -0.3 is 10.1 Å². The number of fused-ring (bicyclic) bond motifs is 1. The number of para-hydroxylation sites is 1. The van der Waals surface area contributed by atoms with Crippen LogP contribution in [0.15, 0.2) is 61.3 Å². The molecule has 1 aliphatic heterocycles. The molecule has 3 aromatic rings. The van der Waals surface area contributed by atoms with Gasteiger partial charge in [0.15, 0.2) is 0 Å². The molecule has 1 aliphatic rings. The molecule has 0 bridgehead atoms. The molecule has 1 amide bonds. The van der Waals surface area contributed by atoms with E-state index in [2.05, 4.69) is 15.3 Å². The summed E-state index contributed by atoms with van der Waals surface area (Å²) < 4.78 is 7.40. The van der Waals surface area contributed by atoms with E-state index in [0.29, 0.717) is 18.0 Å².